The molecule has 0 spiro atoms. The zero-order valence-corrected chi connectivity index (χ0v) is 7.47. The van der Waals surface area contributed by atoms with Crippen LogP contribution in [0.15, 0.2) is 18.2 Å². The summed E-state index contributed by atoms with van der Waals surface area (Å²) < 4.78 is 12.7. The van der Waals surface area contributed by atoms with Gasteiger partial charge < -0.3 is 5.73 Å². The normalized spacial score (nSPS) is 13.0. The molecule has 1 aromatic rings. The number of hydrogen-bond donors (Lipinski definition) is 1. The van der Waals surface area contributed by atoms with Gasteiger partial charge in [-0.15, -0.1) is 0 Å². The Balaban J connectivity index is 3.01. The highest BCUT2D eigenvalue weighted by molar-refractivity contribution is 5.29. The summed E-state index contributed by atoms with van der Waals surface area (Å²) in [6.45, 7) is 4.55. The maximum Gasteiger partial charge on any atom is 0.123 e. The van der Waals surface area contributed by atoms with Crippen LogP contribution in [0, 0.1) is 12.7 Å². The first-order valence-corrected chi connectivity index (χ1v) is 4.11. The molecule has 66 valence electrons. The fourth-order valence-electron chi connectivity index (χ4n) is 1.32. The van der Waals surface area contributed by atoms with Crippen molar-refractivity contribution in [3.63, 3.8) is 0 Å². The summed E-state index contributed by atoms with van der Waals surface area (Å²) in [5.41, 5.74) is 7.63. The summed E-state index contributed by atoms with van der Waals surface area (Å²) in [5, 5.41) is 0. The molecule has 0 aromatic heterocycles. The average Bonchev–Trinajstić information content (AvgIpc) is 2.03. The third kappa shape index (κ3) is 1.83. The lowest BCUT2D eigenvalue weighted by Gasteiger charge is -2.11. The van der Waals surface area contributed by atoms with Crippen LogP contribution in [0.2, 0.25) is 0 Å². The number of benzene rings is 1. The van der Waals surface area contributed by atoms with E-state index in [1.165, 1.54) is 6.07 Å². The molecule has 1 unspecified atom stereocenters. The van der Waals surface area contributed by atoms with Crippen molar-refractivity contribution in [2.45, 2.75) is 19.8 Å². The van der Waals surface area contributed by atoms with Crippen molar-refractivity contribution >= 4 is 0 Å². The van der Waals surface area contributed by atoms with Crippen molar-refractivity contribution in [1.82, 2.24) is 0 Å². The SMILES string of the molecule is Cc1cc(F)ccc1C(C)CN. The molecule has 0 heterocycles. The molecular formula is C10H14FN. The summed E-state index contributed by atoms with van der Waals surface area (Å²) in [4.78, 5) is 0. The van der Waals surface area contributed by atoms with Gasteiger partial charge in [-0.25, -0.2) is 4.39 Å². The van der Waals surface area contributed by atoms with E-state index in [1.54, 1.807) is 6.07 Å². The second-order valence-electron chi connectivity index (χ2n) is 3.14. The fraction of sp³-hybridized carbons (Fsp3) is 0.400. The van der Waals surface area contributed by atoms with E-state index in [-0.39, 0.29) is 5.82 Å². The largest absolute Gasteiger partial charge is 0.330 e. The molecule has 0 saturated carbocycles. The maximum absolute atomic E-state index is 12.7. The second kappa shape index (κ2) is 3.68. The number of nitrogens with two attached hydrogens (primary N) is 1. The van der Waals surface area contributed by atoms with Crippen molar-refractivity contribution in [2.24, 2.45) is 5.73 Å². The predicted octanol–water partition coefficient (Wildman–Crippen LogP) is 2.20. The predicted molar refractivity (Wildman–Crippen MR) is 48.6 cm³/mol. The summed E-state index contributed by atoms with van der Waals surface area (Å²) in [6.07, 6.45) is 0. The van der Waals surface area contributed by atoms with E-state index < -0.39 is 0 Å². The topological polar surface area (TPSA) is 26.0 Å². The summed E-state index contributed by atoms with van der Waals surface area (Å²) >= 11 is 0. The van der Waals surface area contributed by atoms with Crippen LogP contribution in [0.25, 0.3) is 0 Å². The second-order valence-corrected chi connectivity index (χ2v) is 3.14. The molecule has 0 radical (unpaired) electrons. The Morgan fingerprint density at radius 3 is 2.67 bits per heavy atom. The van der Waals surface area contributed by atoms with Crippen molar-refractivity contribution in [1.29, 1.82) is 0 Å². The lowest BCUT2D eigenvalue weighted by molar-refractivity contribution is 0.624. The van der Waals surface area contributed by atoms with Crippen LogP contribution < -0.4 is 5.73 Å². The quantitative estimate of drug-likeness (QED) is 0.718. The van der Waals surface area contributed by atoms with Gasteiger partial charge in [-0.1, -0.05) is 13.0 Å². The summed E-state index contributed by atoms with van der Waals surface area (Å²) in [5.74, 6) is 0.131. The monoisotopic (exact) mass is 167 g/mol. The highest BCUT2D eigenvalue weighted by atomic mass is 19.1. The van der Waals surface area contributed by atoms with Gasteiger partial charge in [-0.05, 0) is 42.6 Å². The average molecular weight is 167 g/mol. The van der Waals surface area contributed by atoms with Gasteiger partial charge in [0.15, 0.2) is 0 Å². The van der Waals surface area contributed by atoms with Gasteiger partial charge >= 0.3 is 0 Å². The van der Waals surface area contributed by atoms with Gasteiger partial charge in [0.1, 0.15) is 5.82 Å². The molecule has 0 aliphatic rings. The Labute approximate surface area is 72.4 Å². The first-order valence-electron chi connectivity index (χ1n) is 4.11. The zero-order valence-electron chi connectivity index (χ0n) is 7.47. The van der Waals surface area contributed by atoms with Gasteiger partial charge in [0, 0.05) is 0 Å². The Bertz CT molecular complexity index is 271. The highest BCUT2D eigenvalue weighted by Crippen LogP contribution is 2.18. The van der Waals surface area contributed by atoms with E-state index in [0.717, 1.165) is 11.1 Å². The van der Waals surface area contributed by atoms with Gasteiger partial charge in [-0.2, -0.15) is 0 Å². The number of hydrogen-bond acceptors (Lipinski definition) is 1. The van der Waals surface area contributed by atoms with Crippen LogP contribution in [0.1, 0.15) is 24.0 Å². The molecule has 0 saturated heterocycles. The molecule has 0 aliphatic heterocycles. The molecule has 0 aliphatic carbocycles. The fourth-order valence-corrected chi connectivity index (χ4v) is 1.32. The van der Waals surface area contributed by atoms with E-state index in [2.05, 4.69) is 0 Å². The third-order valence-electron chi connectivity index (χ3n) is 2.12. The Morgan fingerprint density at radius 2 is 2.17 bits per heavy atom. The molecule has 1 aromatic carbocycles. The minimum atomic E-state index is -0.180. The molecule has 2 heteroatoms. The Hall–Kier alpha value is -0.890. The Kier molecular flexibility index (Phi) is 2.82. The summed E-state index contributed by atoms with van der Waals surface area (Å²) in [7, 11) is 0. The lowest BCUT2D eigenvalue weighted by atomic mass is 9.97. The smallest absolute Gasteiger partial charge is 0.123 e. The number of aryl methyl sites for hydroxylation is 1. The van der Waals surface area contributed by atoms with Gasteiger partial charge in [-0.3, -0.25) is 0 Å². The van der Waals surface area contributed by atoms with Crippen molar-refractivity contribution < 1.29 is 4.39 Å². The molecule has 1 nitrogen and oxygen atoms in total. The van der Waals surface area contributed by atoms with Gasteiger partial charge in [0.2, 0.25) is 0 Å². The molecular weight excluding hydrogens is 153 g/mol. The zero-order chi connectivity index (χ0) is 9.14. The van der Waals surface area contributed by atoms with E-state index >= 15 is 0 Å². The van der Waals surface area contributed by atoms with Gasteiger partial charge in [0.25, 0.3) is 0 Å². The minimum Gasteiger partial charge on any atom is -0.330 e. The van der Waals surface area contributed by atoms with Crippen LogP contribution in [0.4, 0.5) is 4.39 Å². The standard InChI is InChI=1S/C10H14FN/c1-7-5-9(11)3-4-10(7)8(2)6-12/h3-5,8H,6,12H2,1-2H3. The van der Waals surface area contributed by atoms with E-state index in [1.807, 2.05) is 19.9 Å². The van der Waals surface area contributed by atoms with Crippen LogP contribution in [0.5, 0.6) is 0 Å². The molecule has 2 N–H and O–H groups in total. The first kappa shape index (κ1) is 9.20. The van der Waals surface area contributed by atoms with Crippen LogP contribution in [-0.2, 0) is 0 Å². The Morgan fingerprint density at radius 1 is 1.50 bits per heavy atom. The molecule has 12 heavy (non-hydrogen) atoms. The highest BCUT2D eigenvalue weighted by Gasteiger charge is 2.06. The lowest BCUT2D eigenvalue weighted by Crippen LogP contribution is -2.10. The van der Waals surface area contributed by atoms with Gasteiger partial charge in [0.05, 0.1) is 0 Å². The maximum atomic E-state index is 12.7. The van der Waals surface area contributed by atoms with Crippen LogP contribution >= 0.6 is 0 Å². The van der Waals surface area contributed by atoms with Crippen molar-refractivity contribution in [2.75, 3.05) is 6.54 Å². The number of halogens is 1. The third-order valence-corrected chi connectivity index (χ3v) is 2.12. The van der Waals surface area contributed by atoms with E-state index in [4.69, 9.17) is 5.73 Å². The molecule has 0 amide bonds. The van der Waals surface area contributed by atoms with Crippen LogP contribution in [-0.4, -0.2) is 6.54 Å². The molecule has 0 fully saturated rings. The minimum absolute atomic E-state index is 0.180. The molecule has 1 atom stereocenters. The van der Waals surface area contributed by atoms with E-state index in [0.29, 0.717) is 12.5 Å². The van der Waals surface area contributed by atoms with Crippen molar-refractivity contribution in [3.05, 3.63) is 35.1 Å². The number of rotatable bonds is 2. The molecule has 1 rings (SSSR count). The van der Waals surface area contributed by atoms with Crippen LogP contribution in [0.3, 0.4) is 0 Å². The van der Waals surface area contributed by atoms with Crippen molar-refractivity contribution in [3.8, 4) is 0 Å². The first-order chi connectivity index (χ1) is 5.65. The summed E-state index contributed by atoms with van der Waals surface area (Å²) in [6, 6.07) is 4.83. The molecule has 0 bridgehead atoms. The van der Waals surface area contributed by atoms with E-state index in [9.17, 15) is 4.39 Å².